The van der Waals surface area contributed by atoms with Crippen molar-refractivity contribution in [3.05, 3.63) is 88.9 Å². The van der Waals surface area contributed by atoms with E-state index in [2.05, 4.69) is 0 Å². The lowest BCUT2D eigenvalue weighted by Gasteiger charge is -2.12. The van der Waals surface area contributed by atoms with Crippen LogP contribution < -0.4 is 4.74 Å². The van der Waals surface area contributed by atoms with E-state index in [1.807, 2.05) is 72.8 Å². The van der Waals surface area contributed by atoms with Crippen molar-refractivity contribution in [2.45, 2.75) is 13.5 Å². The van der Waals surface area contributed by atoms with Gasteiger partial charge in [-0.25, -0.2) is 0 Å². The van der Waals surface area contributed by atoms with Crippen molar-refractivity contribution in [2.24, 2.45) is 0 Å². The van der Waals surface area contributed by atoms with Crippen molar-refractivity contribution in [1.29, 1.82) is 0 Å². The SMILES string of the molecule is CC(=O)c1cc(-c2ccc(Cl)cc2)ccc1OCc1ccccc1. The van der Waals surface area contributed by atoms with Crippen LogP contribution in [0.3, 0.4) is 0 Å². The Bertz CT molecular complexity index is 839. The second-order valence-electron chi connectivity index (χ2n) is 5.55. The summed E-state index contributed by atoms with van der Waals surface area (Å²) in [5.74, 6) is 0.581. The quantitative estimate of drug-likeness (QED) is 0.551. The molecule has 0 aliphatic carbocycles. The van der Waals surface area contributed by atoms with Crippen molar-refractivity contribution in [1.82, 2.24) is 0 Å². The summed E-state index contributed by atoms with van der Waals surface area (Å²) in [6, 6.07) is 23.1. The Hall–Kier alpha value is -2.58. The number of rotatable bonds is 5. The highest BCUT2D eigenvalue weighted by atomic mass is 35.5. The Morgan fingerprint density at radius 1 is 0.917 bits per heavy atom. The van der Waals surface area contributed by atoms with Gasteiger partial charge in [0.05, 0.1) is 5.56 Å². The first-order valence-corrected chi connectivity index (χ1v) is 8.09. The zero-order chi connectivity index (χ0) is 16.9. The van der Waals surface area contributed by atoms with Crippen LogP contribution in [0.1, 0.15) is 22.8 Å². The molecular weight excluding hydrogens is 320 g/mol. The number of hydrogen-bond acceptors (Lipinski definition) is 2. The fraction of sp³-hybridized carbons (Fsp3) is 0.0952. The van der Waals surface area contributed by atoms with Gasteiger partial charge < -0.3 is 4.74 Å². The maximum Gasteiger partial charge on any atom is 0.163 e. The van der Waals surface area contributed by atoms with E-state index >= 15 is 0 Å². The lowest BCUT2D eigenvalue weighted by Crippen LogP contribution is -2.02. The fourth-order valence-electron chi connectivity index (χ4n) is 2.49. The number of carbonyl (C=O) groups excluding carboxylic acids is 1. The van der Waals surface area contributed by atoms with Gasteiger partial charge in [0.15, 0.2) is 5.78 Å². The minimum absolute atomic E-state index is 0.0196. The van der Waals surface area contributed by atoms with Gasteiger partial charge in [-0.05, 0) is 47.9 Å². The van der Waals surface area contributed by atoms with E-state index in [9.17, 15) is 4.79 Å². The van der Waals surface area contributed by atoms with Gasteiger partial charge in [0.25, 0.3) is 0 Å². The van der Waals surface area contributed by atoms with Gasteiger partial charge in [-0.3, -0.25) is 4.79 Å². The van der Waals surface area contributed by atoms with Crippen LogP contribution in [0, 0.1) is 0 Å². The van der Waals surface area contributed by atoms with Gasteiger partial charge in [0.2, 0.25) is 0 Å². The third-order valence-electron chi connectivity index (χ3n) is 3.77. The predicted molar refractivity (Wildman–Crippen MR) is 97.7 cm³/mol. The van der Waals surface area contributed by atoms with E-state index in [-0.39, 0.29) is 5.78 Å². The number of carbonyl (C=O) groups is 1. The molecule has 0 saturated carbocycles. The molecule has 2 nitrogen and oxygen atoms in total. The summed E-state index contributed by atoms with van der Waals surface area (Å²) in [4.78, 5) is 12.0. The van der Waals surface area contributed by atoms with E-state index in [1.54, 1.807) is 6.92 Å². The summed E-state index contributed by atoms with van der Waals surface area (Å²) < 4.78 is 5.85. The smallest absolute Gasteiger partial charge is 0.163 e. The molecule has 0 amide bonds. The zero-order valence-corrected chi connectivity index (χ0v) is 14.1. The minimum atomic E-state index is -0.0196. The van der Waals surface area contributed by atoms with E-state index in [4.69, 9.17) is 16.3 Å². The number of ketones is 1. The van der Waals surface area contributed by atoms with Crippen LogP contribution in [-0.4, -0.2) is 5.78 Å². The monoisotopic (exact) mass is 336 g/mol. The normalized spacial score (nSPS) is 10.4. The molecule has 3 heteroatoms. The first-order valence-electron chi connectivity index (χ1n) is 7.71. The Balaban J connectivity index is 1.87. The van der Waals surface area contributed by atoms with Crippen LogP contribution in [0.5, 0.6) is 5.75 Å². The largest absolute Gasteiger partial charge is 0.488 e. The van der Waals surface area contributed by atoms with E-state index < -0.39 is 0 Å². The molecule has 0 spiro atoms. The van der Waals surface area contributed by atoms with Gasteiger partial charge >= 0.3 is 0 Å². The average Bonchev–Trinajstić information content (AvgIpc) is 2.61. The summed E-state index contributed by atoms with van der Waals surface area (Å²) in [5, 5.41) is 0.688. The maximum absolute atomic E-state index is 12.0. The topological polar surface area (TPSA) is 26.3 Å². The Morgan fingerprint density at radius 3 is 2.25 bits per heavy atom. The lowest BCUT2D eigenvalue weighted by atomic mass is 10.0. The maximum atomic E-state index is 12.0. The molecule has 0 radical (unpaired) electrons. The van der Waals surface area contributed by atoms with E-state index in [0.29, 0.717) is 22.9 Å². The predicted octanol–water partition coefficient (Wildman–Crippen LogP) is 5.79. The van der Waals surface area contributed by atoms with Crippen molar-refractivity contribution in [2.75, 3.05) is 0 Å². The van der Waals surface area contributed by atoms with Crippen LogP contribution in [0.15, 0.2) is 72.8 Å². The molecule has 0 saturated heterocycles. The van der Waals surface area contributed by atoms with Crippen LogP contribution in [0.4, 0.5) is 0 Å². The molecule has 0 atom stereocenters. The van der Waals surface area contributed by atoms with Gasteiger partial charge in [0, 0.05) is 5.02 Å². The number of ether oxygens (including phenoxy) is 1. The lowest BCUT2D eigenvalue weighted by molar-refractivity contribution is 0.101. The summed E-state index contributed by atoms with van der Waals surface area (Å²) in [6.07, 6.45) is 0. The fourth-order valence-corrected chi connectivity index (χ4v) is 2.61. The molecule has 0 unspecified atom stereocenters. The second kappa shape index (κ2) is 7.33. The first-order chi connectivity index (χ1) is 11.6. The van der Waals surface area contributed by atoms with Gasteiger partial charge in [-0.1, -0.05) is 60.1 Å². The van der Waals surface area contributed by atoms with Gasteiger partial charge in [0.1, 0.15) is 12.4 Å². The molecule has 0 N–H and O–H groups in total. The standard InChI is InChI=1S/C21H17ClO2/c1-15(23)20-13-18(17-7-10-19(22)11-8-17)9-12-21(20)24-14-16-5-3-2-4-6-16/h2-13H,14H2,1H3. The number of hydrogen-bond donors (Lipinski definition) is 0. The number of halogens is 1. The van der Waals surface area contributed by atoms with Crippen molar-refractivity contribution in [3.8, 4) is 16.9 Å². The summed E-state index contributed by atoms with van der Waals surface area (Å²) in [6.45, 7) is 1.98. The highest BCUT2D eigenvalue weighted by Crippen LogP contribution is 2.28. The summed E-state index contributed by atoms with van der Waals surface area (Å²) in [5.41, 5.74) is 3.62. The minimum Gasteiger partial charge on any atom is -0.488 e. The van der Waals surface area contributed by atoms with Gasteiger partial charge in [-0.15, -0.1) is 0 Å². The molecule has 24 heavy (non-hydrogen) atoms. The highest BCUT2D eigenvalue weighted by molar-refractivity contribution is 6.30. The third-order valence-corrected chi connectivity index (χ3v) is 4.03. The Kier molecular flexibility index (Phi) is 4.97. The van der Waals surface area contributed by atoms with Crippen molar-refractivity contribution >= 4 is 17.4 Å². The molecule has 120 valence electrons. The Morgan fingerprint density at radius 2 is 1.58 bits per heavy atom. The van der Waals surface area contributed by atoms with Gasteiger partial charge in [-0.2, -0.15) is 0 Å². The van der Waals surface area contributed by atoms with Crippen LogP contribution in [-0.2, 0) is 6.61 Å². The number of benzene rings is 3. The summed E-state index contributed by atoms with van der Waals surface area (Å²) in [7, 11) is 0. The van der Waals surface area contributed by atoms with Crippen molar-refractivity contribution in [3.63, 3.8) is 0 Å². The molecule has 0 fully saturated rings. The van der Waals surface area contributed by atoms with Crippen LogP contribution in [0.25, 0.3) is 11.1 Å². The molecule has 0 heterocycles. The third kappa shape index (κ3) is 3.84. The molecule has 0 aromatic heterocycles. The molecule has 0 aliphatic heterocycles. The molecule has 3 rings (SSSR count). The van der Waals surface area contributed by atoms with E-state index in [1.165, 1.54) is 0 Å². The molecule has 0 bridgehead atoms. The second-order valence-corrected chi connectivity index (χ2v) is 5.98. The zero-order valence-electron chi connectivity index (χ0n) is 13.3. The number of Topliss-reactive ketones (excluding diaryl/α,β-unsaturated/α-hetero) is 1. The van der Waals surface area contributed by atoms with Crippen LogP contribution in [0.2, 0.25) is 5.02 Å². The highest BCUT2D eigenvalue weighted by Gasteiger charge is 2.11. The molecular formula is C21H17ClO2. The molecule has 0 aliphatic rings. The van der Waals surface area contributed by atoms with Crippen LogP contribution >= 0.6 is 11.6 Å². The molecule has 3 aromatic carbocycles. The average molecular weight is 337 g/mol. The van der Waals surface area contributed by atoms with E-state index in [0.717, 1.165) is 16.7 Å². The van der Waals surface area contributed by atoms with Crippen molar-refractivity contribution < 1.29 is 9.53 Å². The summed E-state index contributed by atoms with van der Waals surface area (Å²) >= 11 is 5.93. The molecule has 3 aromatic rings. The Labute approximate surface area is 146 Å². The first kappa shape index (κ1) is 16.3.